The summed E-state index contributed by atoms with van der Waals surface area (Å²) in [6.45, 7) is 3.34. The van der Waals surface area contributed by atoms with Gasteiger partial charge in [0.1, 0.15) is 0 Å². The molecule has 1 saturated heterocycles. The van der Waals surface area contributed by atoms with Crippen molar-refractivity contribution >= 4 is 15.9 Å². The molecule has 1 N–H and O–H groups in total. The molecule has 3 rings (SSSR count). The lowest BCUT2D eigenvalue weighted by atomic mass is 10.1. The second-order valence-corrected chi connectivity index (χ2v) is 8.52. The molecule has 0 unspecified atom stereocenters. The second-order valence-electron chi connectivity index (χ2n) is 6.58. The number of hydrogen-bond acceptors (Lipinski definition) is 4. The third kappa shape index (κ3) is 4.74. The van der Waals surface area contributed by atoms with Crippen LogP contribution in [0.25, 0.3) is 0 Å². The van der Waals surface area contributed by atoms with Gasteiger partial charge in [-0.3, -0.25) is 4.79 Å². The molecule has 1 heterocycles. The van der Waals surface area contributed by atoms with Gasteiger partial charge in [-0.2, -0.15) is 4.31 Å². The van der Waals surface area contributed by atoms with Crippen LogP contribution in [0.2, 0.25) is 0 Å². The minimum atomic E-state index is -3.53. The molecular formula is C20H25N3O3S. The zero-order chi connectivity index (χ0) is 19.3. The highest BCUT2D eigenvalue weighted by Gasteiger charge is 2.28. The molecular weight excluding hydrogens is 362 g/mol. The van der Waals surface area contributed by atoms with E-state index in [0.29, 0.717) is 18.7 Å². The quantitative estimate of drug-likeness (QED) is 0.817. The van der Waals surface area contributed by atoms with Crippen molar-refractivity contribution in [1.29, 1.82) is 0 Å². The average molecular weight is 388 g/mol. The van der Waals surface area contributed by atoms with E-state index in [2.05, 4.69) is 22.3 Å². The van der Waals surface area contributed by atoms with Gasteiger partial charge in [-0.25, -0.2) is 8.42 Å². The van der Waals surface area contributed by atoms with Crippen molar-refractivity contribution in [2.45, 2.75) is 11.3 Å². The molecule has 7 heteroatoms. The van der Waals surface area contributed by atoms with E-state index in [1.54, 1.807) is 19.2 Å². The van der Waals surface area contributed by atoms with Gasteiger partial charge < -0.3 is 10.2 Å². The summed E-state index contributed by atoms with van der Waals surface area (Å²) in [6.07, 6.45) is 0.967. The SMILES string of the molecule is CNC(=O)c1ccc(S(=O)(=O)N2CCN(CCc3ccccc3)CC2)cc1. The molecule has 0 spiro atoms. The number of benzene rings is 2. The number of amides is 1. The van der Waals surface area contributed by atoms with E-state index in [-0.39, 0.29) is 10.8 Å². The van der Waals surface area contributed by atoms with Crippen molar-refractivity contribution in [3.63, 3.8) is 0 Å². The zero-order valence-electron chi connectivity index (χ0n) is 15.5. The van der Waals surface area contributed by atoms with Crippen molar-refractivity contribution < 1.29 is 13.2 Å². The Hall–Kier alpha value is -2.22. The van der Waals surface area contributed by atoms with Crippen LogP contribution in [0.3, 0.4) is 0 Å². The van der Waals surface area contributed by atoms with Gasteiger partial charge >= 0.3 is 0 Å². The molecule has 27 heavy (non-hydrogen) atoms. The lowest BCUT2D eigenvalue weighted by Crippen LogP contribution is -2.49. The monoisotopic (exact) mass is 387 g/mol. The predicted octanol–water partition coefficient (Wildman–Crippen LogP) is 1.60. The standard InChI is InChI=1S/C20H25N3O3S/c1-21-20(24)18-7-9-19(10-8-18)27(25,26)23-15-13-22(14-16-23)12-11-17-5-3-2-4-6-17/h2-10H,11-16H2,1H3,(H,21,24). The first-order chi connectivity index (χ1) is 13.0. The van der Waals surface area contributed by atoms with E-state index < -0.39 is 10.0 Å². The number of carbonyl (C=O) groups is 1. The molecule has 2 aromatic carbocycles. The number of rotatable bonds is 6. The van der Waals surface area contributed by atoms with Crippen LogP contribution in [0, 0.1) is 0 Å². The summed E-state index contributed by atoms with van der Waals surface area (Å²) in [5.74, 6) is -0.231. The van der Waals surface area contributed by atoms with Crippen LogP contribution in [0.4, 0.5) is 0 Å². The third-order valence-corrected chi connectivity index (χ3v) is 6.79. The van der Waals surface area contributed by atoms with Gasteiger partial charge in [0.25, 0.3) is 5.91 Å². The maximum absolute atomic E-state index is 12.8. The second kappa shape index (κ2) is 8.65. The van der Waals surface area contributed by atoms with Crippen LogP contribution in [0.5, 0.6) is 0 Å². The molecule has 2 aromatic rings. The molecule has 1 amide bonds. The number of hydrogen-bond donors (Lipinski definition) is 1. The fraction of sp³-hybridized carbons (Fsp3) is 0.350. The maximum atomic E-state index is 12.8. The molecule has 0 aliphatic carbocycles. The van der Waals surface area contributed by atoms with Gasteiger partial charge in [-0.15, -0.1) is 0 Å². The van der Waals surface area contributed by atoms with Gasteiger partial charge in [0, 0.05) is 45.3 Å². The molecule has 144 valence electrons. The van der Waals surface area contributed by atoms with E-state index in [9.17, 15) is 13.2 Å². The summed E-state index contributed by atoms with van der Waals surface area (Å²) in [7, 11) is -1.98. The summed E-state index contributed by atoms with van der Waals surface area (Å²) in [5.41, 5.74) is 1.74. The first-order valence-electron chi connectivity index (χ1n) is 9.09. The molecule has 0 radical (unpaired) electrons. The molecule has 1 aliphatic rings. The average Bonchev–Trinajstić information content (AvgIpc) is 2.73. The van der Waals surface area contributed by atoms with Crippen molar-refractivity contribution in [2.24, 2.45) is 0 Å². The first kappa shape index (κ1) is 19.5. The van der Waals surface area contributed by atoms with Crippen LogP contribution in [-0.4, -0.2) is 63.3 Å². The van der Waals surface area contributed by atoms with E-state index >= 15 is 0 Å². The largest absolute Gasteiger partial charge is 0.355 e. The summed E-state index contributed by atoms with van der Waals surface area (Å²) in [5, 5.41) is 2.53. The van der Waals surface area contributed by atoms with Crippen molar-refractivity contribution in [1.82, 2.24) is 14.5 Å². The first-order valence-corrected chi connectivity index (χ1v) is 10.5. The lowest BCUT2D eigenvalue weighted by Gasteiger charge is -2.34. The smallest absolute Gasteiger partial charge is 0.251 e. The summed E-state index contributed by atoms with van der Waals surface area (Å²) >= 11 is 0. The van der Waals surface area contributed by atoms with Gasteiger partial charge in [0.15, 0.2) is 0 Å². The Bertz CT molecular complexity index is 859. The van der Waals surface area contributed by atoms with Crippen LogP contribution >= 0.6 is 0 Å². The van der Waals surface area contributed by atoms with Gasteiger partial charge in [-0.05, 0) is 36.2 Å². The molecule has 1 fully saturated rings. The molecule has 0 saturated carbocycles. The number of nitrogens with zero attached hydrogens (tertiary/aromatic N) is 2. The number of nitrogens with one attached hydrogen (secondary N) is 1. The fourth-order valence-electron chi connectivity index (χ4n) is 3.20. The van der Waals surface area contributed by atoms with E-state index in [4.69, 9.17) is 0 Å². The Kier molecular flexibility index (Phi) is 6.26. The van der Waals surface area contributed by atoms with Gasteiger partial charge in [0.05, 0.1) is 4.90 Å². The van der Waals surface area contributed by atoms with Crippen LogP contribution in [-0.2, 0) is 16.4 Å². The third-order valence-electron chi connectivity index (χ3n) is 4.87. The molecule has 6 nitrogen and oxygen atoms in total. The Balaban J connectivity index is 1.57. The highest BCUT2D eigenvalue weighted by molar-refractivity contribution is 7.89. The minimum Gasteiger partial charge on any atom is -0.355 e. The van der Waals surface area contributed by atoms with E-state index in [1.807, 2.05) is 18.2 Å². The van der Waals surface area contributed by atoms with E-state index in [1.165, 1.54) is 22.0 Å². The van der Waals surface area contributed by atoms with Crippen LogP contribution in [0.15, 0.2) is 59.5 Å². The number of piperazine rings is 1. The Morgan fingerprint density at radius 3 is 2.19 bits per heavy atom. The van der Waals surface area contributed by atoms with Crippen molar-refractivity contribution in [3.05, 3.63) is 65.7 Å². The number of carbonyl (C=O) groups excluding carboxylic acids is 1. The lowest BCUT2D eigenvalue weighted by molar-refractivity contribution is 0.0963. The molecule has 0 aromatic heterocycles. The normalized spacial score (nSPS) is 16.2. The Labute approximate surface area is 160 Å². The predicted molar refractivity (Wildman–Crippen MR) is 105 cm³/mol. The molecule has 0 atom stereocenters. The fourth-order valence-corrected chi connectivity index (χ4v) is 4.62. The topological polar surface area (TPSA) is 69.7 Å². The molecule has 1 aliphatic heterocycles. The van der Waals surface area contributed by atoms with Crippen molar-refractivity contribution in [3.8, 4) is 0 Å². The highest BCUT2D eigenvalue weighted by Crippen LogP contribution is 2.18. The van der Waals surface area contributed by atoms with E-state index in [0.717, 1.165) is 26.1 Å². The molecule has 0 bridgehead atoms. The van der Waals surface area contributed by atoms with Crippen LogP contribution < -0.4 is 5.32 Å². The Morgan fingerprint density at radius 1 is 0.963 bits per heavy atom. The summed E-state index contributed by atoms with van der Waals surface area (Å²) in [6, 6.07) is 16.4. The van der Waals surface area contributed by atoms with Crippen molar-refractivity contribution in [2.75, 3.05) is 39.8 Å². The van der Waals surface area contributed by atoms with Gasteiger partial charge in [-0.1, -0.05) is 30.3 Å². The highest BCUT2D eigenvalue weighted by atomic mass is 32.2. The van der Waals surface area contributed by atoms with Gasteiger partial charge in [0.2, 0.25) is 10.0 Å². The van der Waals surface area contributed by atoms with Crippen LogP contribution in [0.1, 0.15) is 15.9 Å². The minimum absolute atomic E-state index is 0.230. The number of sulfonamides is 1. The zero-order valence-corrected chi connectivity index (χ0v) is 16.3. The summed E-state index contributed by atoms with van der Waals surface area (Å²) < 4.78 is 27.2. The Morgan fingerprint density at radius 2 is 1.59 bits per heavy atom. The summed E-state index contributed by atoms with van der Waals surface area (Å²) in [4.78, 5) is 14.1. The maximum Gasteiger partial charge on any atom is 0.251 e.